The van der Waals surface area contributed by atoms with Gasteiger partial charge in [0.15, 0.2) is 0 Å². The number of nitrogens with zero attached hydrogens (tertiary/aromatic N) is 2. The Hall–Kier alpha value is -2.19. The van der Waals surface area contributed by atoms with Crippen LogP contribution in [0.2, 0.25) is 0 Å². The van der Waals surface area contributed by atoms with E-state index < -0.39 is 10.0 Å². The van der Waals surface area contributed by atoms with Crippen LogP contribution in [0.3, 0.4) is 0 Å². The Morgan fingerprint density at radius 3 is 2.22 bits per heavy atom. The van der Waals surface area contributed by atoms with Crippen molar-refractivity contribution in [2.24, 2.45) is 0 Å². The van der Waals surface area contributed by atoms with Gasteiger partial charge in [-0.15, -0.1) is 11.3 Å². The Balaban J connectivity index is 1.23. The normalized spacial score (nSPS) is 18.4. The van der Waals surface area contributed by atoms with Crippen molar-refractivity contribution in [2.45, 2.75) is 36.7 Å². The van der Waals surface area contributed by atoms with Gasteiger partial charge in [0.25, 0.3) is 0 Å². The summed E-state index contributed by atoms with van der Waals surface area (Å²) in [6.07, 6.45) is 2.90. The van der Waals surface area contributed by atoms with E-state index in [1.807, 2.05) is 47.7 Å². The minimum Gasteiger partial charge on any atom is -0.497 e. The topological polar surface area (TPSA) is 49.9 Å². The summed E-state index contributed by atoms with van der Waals surface area (Å²) in [5.41, 5.74) is 3.47. The molecule has 168 valence electrons. The number of fused-ring (bicyclic) bond motifs is 1. The van der Waals surface area contributed by atoms with E-state index in [1.165, 1.54) is 10.4 Å². The molecular formula is C25H28N2O3S2. The average Bonchev–Trinajstić information content (AvgIpc) is 3.32. The molecule has 1 fully saturated rings. The van der Waals surface area contributed by atoms with Gasteiger partial charge in [0.1, 0.15) is 5.75 Å². The van der Waals surface area contributed by atoms with Gasteiger partial charge in [-0.05, 0) is 71.7 Å². The summed E-state index contributed by atoms with van der Waals surface area (Å²) in [7, 11) is -1.83. The van der Waals surface area contributed by atoms with Crippen molar-refractivity contribution in [3.8, 4) is 16.9 Å². The second-order valence-corrected chi connectivity index (χ2v) is 11.4. The Labute approximate surface area is 194 Å². The predicted molar refractivity (Wildman–Crippen MR) is 129 cm³/mol. The third-order valence-corrected chi connectivity index (χ3v) is 9.63. The molecule has 0 aliphatic carbocycles. The highest BCUT2D eigenvalue weighted by atomic mass is 32.2. The van der Waals surface area contributed by atoms with Crippen LogP contribution < -0.4 is 4.74 Å². The highest BCUT2D eigenvalue weighted by Gasteiger charge is 2.32. The standard InChI is InChI=1S/C25H28N2O3S2/c1-30-23-6-2-19(3-7-23)20-4-8-24(9-5-20)32(28,29)27-15-10-22(11-16-27)26-14-12-25-21(18-26)13-17-31-25/h2-9,13,17,22H,10-12,14-16,18H2,1H3. The molecule has 0 saturated carbocycles. The molecule has 5 nitrogen and oxygen atoms in total. The van der Waals surface area contributed by atoms with Gasteiger partial charge in [0.2, 0.25) is 10.0 Å². The van der Waals surface area contributed by atoms with Crippen LogP contribution in [-0.4, -0.2) is 50.4 Å². The van der Waals surface area contributed by atoms with Crippen molar-refractivity contribution in [3.05, 3.63) is 70.4 Å². The fourth-order valence-electron chi connectivity index (χ4n) is 4.78. The third kappa shape index (κ3) is 4.22. The quantitative estimate of drug-likeness (QED) is 0.548. The van der Waals surface area contributed by atoms with Crippen molar-refractivity contribution in [2.75, 3.05) is 26.7 Å². The molecule has 5 rings (SSSR count). The molecule has 0 spiro atoms. The van der Waals surface area contributed by atoms with Crippen LogP contribution in [0.15, 0.2) is 64.9 Å². The van der Waals surface area contributed by atoms with Gasteiger partial charge in [-0.1, -0.05) is 24.3 Å². The van der Waals surface area contributed by atoms with E-state index in [2.05, 4.69) is 16.3 Å². The van der Waals surface area contributed by atoms with Crippen LogP contribution >= 0.6 is 11.3 Å². The largest absolute Gasteiger partial charge is 0.497 e. The van der Waals surface area contributed by atoms with E-state index in [0.29, 0.717) is 24.0 Å². The Morgan fingerprint density at radius 2 is 1.56 bits per heavy atom. The van der Waals surface area contributed by atoms with E-state index in [1.54, 1.807) is 23.5 Å². The molecule has 2 aliphatic rings. The van der Waals surface area contributed by atoms with Crippen LogP contribution in [0.25, 0.3) is 11.1 Å². The fraction of sp³-hybridized carbons (Fsp3) is 0.360. The zero-order chi connectivity index (χ0) is 22.1. The molecule has 2 aliphatic heterocycles. The molecule has 1 saturated heterocycles. The average molecular weight is 469 g/mol. The lowest BCUT2D eigenvalue weighted by atomic mass is 10.0. The first-order valence-electron chi connectivity index (χ1n) is 11.1. The zero-order valence-electron chi connectivity index (χ0n) is 18.2. The maximum Gasteiger partial charge on any atom is 0.243 e. The number of ether oxygens (including phenoxy) is 1. The SMILES string of the molecule is COc1ccc(-c2ccc(S(=O)(=O)N3CCC(N4CCc5sccc5C4)CC3)cc2)cc1. The fourth-order valence-corrected chi connectivity index (χ4v) is 7.14. The van der Waals surface area contributed by atoms with Gasteiger partial charge in [0.05, 0.1) is 12.0 Å². The van der Waals surface area contributed by atoms with Crippen LogP contribution in [0.4, 0.5) is 0 Å². The Morgan fingerprint density at radius 1 is 0.906 bits per heavy atom. The summed E-state index contributed by atoms with van der Waals surface area (Å²) in [5, 5.41) is 2.18. The van der Waals surface area contributed by atoms with Gasteiger partial charge < -0.3 is 4.74 Å². The van der Waals surface area contributed by atoms with E-state index in [-0.39, 0.29) is 0 Å². The first-order chi connectivity index (χ1) is 15.5. The number of thiophene rings is 1. The summed E-state index contributed by atoms with van der Waals surface area (Å²) < 4.78 is 33.3. The number of hydrogen-bond acceptors (Lipinski definition) is 5. The summed E-state index contributed by atoms with van der Waals surface area (Å²) in [6.45, 7) is 3.25. The monoisotopic (exact) mass is 468 g/mol. The van der Waals surface area contributed by atoms with Crippen LogP contribution in [0.5, 0.6) is 5.75 Å². The molecule has 3 heterocycles. The summed E-state index contributed by atoms with van der Waals surface area (Å²) >= 11 is 1.86. The predicted octanol–water partition coefficient (Wildman–Crippen LogP) is 4.64. The van der Waals surface area contributed by atoms with Gasteiger partial charge >= 0.3 is 0 Å². The number of rotatable bonds is 5. The Kier molecular flexibility index (Phi) is 6.07. The van der Waals surface area contributed by atoms with Crippen molar-refractivity contribution < 1.29 is 13.2 Å². The molecule has 32 heavy (non-hydrogen) atoms. The minimum absolute atomic E-state index is 0.370. The maximum absolute atomic E-state index is 13.2. The third-order valence-electron chi connectivity index (χ3n) is 6.69. The van der Waals surface area contributed by atoms with Gasteiger partial charge in [-0.3, -0.25) is 4.90 Å². The van der Waals surface area contributed by atoms with E-state index in [9.17, 15) is 8.42 Å². The molecule has 3 aromatic rings. The molecule has 0 bridgehead atoms. The summed E-state index contributed by atoms with van der Waals surface area (Å²) in [6, 6.07) is 17.7. The van der Waals surface area contributed by atoms with E-state index in [4.69, 9.17) is 4.74 Å². The zero-order valence-corrected chi connectivity index (χ0v) is 19.9. The molecule has 0 amide bonds. The number of benzene rings is 2. The first kappa shape index (κ1) is 21.6. The lowest BCUT2D eigenvalue weighted by Gasteiger charge is -2.39. The molecular weight excluding hydrogens is 440 g/mol. The molecule has 0 atom stereocenters. The smallest absolute Gasteiger partial charge is 0.243 e. The molecule has 2 aromatic carbocycles. The van der Waals surface area contributed by atoms with Crippen molar-refractivity contribution in [3.63, 3.8) is 0 Å². The van der Waals surface area contributed by atoms with Crippen LogP contribution in [0.1, 0.15) is 23.3 Å². The van der Waals surface area contributed by atoms with Crippen LogP contribution in [-0.2, 0) is 23.0 Å². The number of methoxy groups -OCH3 is 1. The van der Waals surface area contributed by atoms with Crippen molar-refractivity contribution in [1.82, 2.24) is 9.21 Å². The molecule has 0 unspecified atom stereocenters. The number of piperidine rings is 1. The van der Waals surface area contributed by atoms with E-state index in [0.717, 1.165) is 49.2 Å². The lowest BCUT2D eigenvalue weighted by Crippen LogP contribution is -2.47. The summed E-state index contributed by atoms with van der Waals surface area (Å²) in [5.74, 6) is 0.802. The number of hydrogen-bond donors (Lipinski definition) is 0. The van der Waals surface area contributed by atoms with E-state index >= 15 is 0 Å². The van der Waals surface area contributed by atoms with Gasteiger partial charge in [0, 0.05) is 37.1 Å². The van der Waals surface area contributed by atoms with Crippen LogP contribution in [0, 0.1) is 0 Å². The minimum atomic E-state index is -3.47. The first-order valence-corrected chi connectivity index (χ1v) is 13.4. The highest BCUT2D eigenvalue weighted by molar-refractivity contribution is 7.89. The maximum atomic E-state index is 13.2. The highest BCUT2D eigenvalue weighted by Crippen LogP contribution is 2.30. The second-order valence-electron chi connectivity index (χ2n) is 8.48. The lowest BCUT2D eigenvalue weighted by molar-refractivity contribution is 0.127. The van der Waals surface area contributed by atoms with Gasteiger partial charge in [-0.25, -0.2) is 8.42 Å². The molecule has 7 heteroatoms. The molecule has 0 N–H and O–H groups in total. The number of sulfonamides is 1. The molecule has 1 aromatic heterocycles. The summed E-state index contributed by atoms with van der Waals surface area (Å²) in [4.78, 5) is 4.43. The van der Waals surface area contributed by atoms with Gasteiger partial charge in [-0.2, -0.15) is 4.31 Å². The van der Waals surface area contributed by atoms with Crippen molar-refractivity contribution >= 4 is 21.4 Å². The van der Waals surface area contributed by atoms with Crippen molar-refractivity contribution in [1.29, 1.82) is 0 Å². The second kappa shape index (κ2) is 8.98. The molecule has 0 radical (unpaired) electrons. The Bertz CT molecular complexity index is 1160.